The monoisotopic (exact) mass is 753 g/mol. The molecule has 2 saturated heterocycles. The van der Waals surface area contributed by atoms with E-state index in [-0.39, 0.29) is 40.2 Å². The van der Waals surface area contributed by atoms with Crippen LogP contribution in [-0.4, -0.2) is 24.8 Å². The van der Waals surface area contributed by atoms with E-state index in [2.05, 4.69) is 111 Å². The minimum atomic E-state index is -0.876. The van der Waals surface area contributed by atoms with Gasteiger partial charge in [0.25, 0.3) is 0 Å². The maximum Gasteiger partial charge on any atom is 0.239 e. The van der Waals surface area contributed by atoms with Gasteiger partial charge in [0.05, 0.1) is 12.2 Å². The number of hydrogen-bond acceptors (Lipinski definition) is 10. The summed E-state index contributed by atoms with van der Waals surface area (Å²) in [5.41, 5.74) is 1.49. The van der Waals surface area contributed by atoms with E-state index in [0.29, 0.717) is 34.7 Å². The van der Waals surface area contributed by atoms with E-state index in [9.17, 15) is 0 Å². The smallest absolute Gasteiger partial charge is 0.239 e. The van der Waals surface area contributed by atoms with Crippen molar-refractivity contribution in [2.24, 2.45) is 38.4 Å². The van der Waals surface area contributed by atoms with Crippen LogP contribution in [0.15, 0.2) is 18.2 Å². The van der Waals surface area contributed by atoms with Gasteiger partial charge in [0, 0.05) is 27.9 Å². The molecule has 10 nitrogen and oxygen atoms in total. The van der Waals surface area contributed by atoms with Crippen LogP contribution >= 0.6 is 0 Å². The SMILES string of the molecule is CC(C)(C)C(C)(C)CCC(C)(C1OO1)C(C)(C)C.CCCc1cccc2c1OOOOC(CC(C)(CC)C1CC(C)(CC)C(CC(C)CC)OO1)OO2. The van der Waals surface area contributed by atoms with Crippen molar-refractivity contribution in [2.45, 2.75) is 200 Å². The lowest BCUT2D eigenvalue weighted by atomic mass is 9.60. The Kier molecular flexibility index (Phi) is 16.1. The highest BCUT2D eigenvalue weighted by molar-refractivity contribution is 5.46. The third-order valence-corrected chi connectivity index (χ3v) is 13.9. The second-order valence-corrected chi connectivity index (χ2v) is 19.6. The summed E-state index contributed by atoms with van der Waals surface area (Å²) < 4.78 is 0. The summed E-state index contributed by atoms with van der Waals surface area (Å²) in [5.74, 6) is 1.39. The molecule has 2 fully saturated rings. The molecule has 308 valence electrons. The molecule has 7 unspecified atom stereocenters. The molecule has 3 heterocycles. The Bertz CT molecular complexity index is 1250. The molecule has 0 amide bonds. The minimum Gasteiger partial charge on any atom is -0.331 e. The lowest BCUT2D eigenvalue weighted by Crippen LogP contribution is -2.50. The molecule has 0 N–H and O–H groups in total. The van der Waals surface area contributed by atoms with Gasteiger partial charge in [-0.05, 0) is 83.6 Å². The van der Waals surface area contributed by atoms with Crippen LogP contribution in [0.5, 0.6) is 11.5 Å². The molecule has 1 aromatic carbocycles. The quantitative estimate of drug-likeness (QED) is 0.135. The van der Waals surface area contributed by atoms with Gasteiger partial charge in [0.1, 0.15) is 0 Å². The first kappa shape index (κ1) is 45.9. The van der Waals surface area contributed by atoms with Crippen molar-refractivity contribution in [2.75, 3.05) is 0 Å². The van der Waals surface area contributed by atoms with Gasteiger partial charge >= 0.3 is 0 Å². The fraction of sp³-hybridized carbons (Fsp3) is 0.860. The number of aryl methyl sites for hydroxylation is 1. The third-order valence-electron chi connectivity index (χ3n) is 13.9. The highest BCUT2D eigenvalue weighted by Gasteiger charge is 2.54. The van der Waals surface area contributed by atoms with Crippen molar-refractivity contribution < 1.29 is 49.2 Å². The Balaban J connectivity index is 0.000000353. The van der Waals surface area contributed by atoms with Crippen LogP contribution in [0.2, 0.25) is 0 Å². The van der Waals surface area contributed by atoms with Crippen molar-refractivity contribution in [1.82, 2.24) is 0 Å². The maximum atomic E-state index is 6.07. The minimum absolute atomic E-state index is 0.0154. The van der Waals surface area contributed by atoms with Gasteiger partial charge < -0.3 is 9.78 Å². The molecule has 0 aliphatic carbocycles. The first-order chi connectivity index (χ1) is 24.6. The van der Waals surface area contributed by atoms with E-state index in [0.717, 1.165) is 56.9 Å². The van der Waals surface area contributed by atoms with Gasteiger partial charge in [-0.3, -0.25) is 0 Å². The molecule has 1 aromatic rings. The van der Waals surface area contributed by atoms with E-state index >= 15 is 0 Å². The molecule has 3 aliphatic rings. The van der Waals surface area contributed by atoms with Crippen molar-refractivity contribution in [3.8, 4) is 11.5 Å². The summed E-state index contributed by atoms with van der Waals surface area (Å²) in [6.07, 6.45) is 8.33. The molecule has 0 aromatic heterocycles. The molecule has 3 aliphatic heterocycles. The fourth-order valence-corrected chi connectivity index (χ4v) is 6.83. The Morgan fingerprint density at radius 1 is 0.774 bits per heavy atom. The normalized spacial score (nSPS) is 27.2. The van der Waals surface area contributed by atoms with Crippen LogP contribution in [-0.2, 0) is 45.8 Å². The Morgan fingerprint density at radius 3 is 2.00 bits per heavy atom. The topological polar surface area (TPSA) is 98.9 Å². The maximum absolute atomic E-state index is 6.07. The van der Waals surface area contributed by atoms with E-state index in [1.54, 1.807) is 6.07 Å². The predicted octanol–water partition coefficient (Wildman–Crippen LogP) is 12.4. The predicted molar refractivity (Wildman–Crippen MR) is 206 cm³/mol. The van der Waals surface area contributed by atoms with Crippen LogP contribution in [0.4, 0.5) is 0 Å². The molecule has 0 spiro atoms. The summed E-state index contributed by atoms with van der Waals surface area (Å²) in [6.45, 7) is 36.2. The largest absolute Gasteiger partial charge is 0.331 e. The first-order valence-corrected chi connectivity index (χ1v) is 20.4. The van der Waals surface area contributed by atoms with Gasteiger partial charge in [0.15, 0.2) is 0 Å². The van der Waals surface area contributed by atoms with E-state index in [1.807, 2.05) is 12.1 Å². The van der Waals surface area contributed by atoms with Crippen LogP contribution in [0.1, 0.15) is 174 Å². The van der Waals surface area contributed by atoms with Crippen molar-refractivity contribution >= 4 is 0 Å². The van der Waals surface area contributed by atoms with Crippen LogP contribution < -0.4 is 9.78 Å². The highest BCUT2D eigenvalue weighted by atomic mass is 17.7. The summed E-state index contributed by atoms with van der Waals surface area (Å²) in [4.78, 5) is 44.4. The van der Waals surface area contributed by atoms with E-state index in [1.165, 1.54) is 6.42 Å². The summed E-state index contributed by atoms with van der Waals surface area (Å²) in [5, 5.41) is 9.74. The molecule has 53 heavy (non-hydrogen) atoms. The Hall–Kier alpha value is -1.50. The summed E-state index contributed by atoms with van der Waals surface area (Å²) in [7, 11) is 0. The molecule has 0 saturated carbocycles. The fourth-order valence-electron chi connectivity index (χ4n) is 6.83. The molecule has 7 atom stereocenters. The second kappa shape index (κ2) is 18.6. The van der Waals surface area contributed by atoms with E-state index < -0.39 is 6.29 Å². The Morgan fingerprint density at radius 2 is 1.45 bits per heavy atom. The Labute approximate surface area is 322 Å². The van der Waals surface area contributed by atoms with Gasteiger partial charge in [-0.15, -0.1) is 0 Å². The zero-order chi connectivity index (χ0) is 39.9. The molecule has 0 radical (unpaired) electrons. The lowest BCUT2D eigenvalue weighted by Gasteiger charge is -2.49. The van der Waals surface area contributed by atoms with Gasteiger partial charge in [-0.2, -0.15) is 19.6 Å². The van der Waals surface area contributed by atoms with Gasteiger partial charge in [-0.25, -0.2) is 9.78 Å². The third kappa shape index (κ3) is 11.8. The number of fused-ring (bicyclic) bond motifs is 1. The zero-order valence-corrected chi connectivity index (χ0v) is 36.3. The standard InChI is InChI=1S/C27H44O8.C16H32O2/c1-8-13-20-14-12-15-21-25(20)33-35-34-32-24(31-28-21)18-27(7,11-4)23-17-26(6,10-3)22(29-30-23)16-19(5)9-2;1-13(2,3)15(7,8)10-11-16(9,12-17-18-12)14(4,5)6/h12,14-15,19,22-24H,8-11,13,16-18H2,1-7H3;12H,10-11H2,1-9H3. The van der Waals surface area contributed by atoms with Crippen LogP contribution in [0, 0.1) is 38.4 Å². The molecule has 10 heteroatoms. The van der Waals surface area contributed by atoms with Gasteiger partial charge in [0.2, 0.25) is 24.1 Å². The summed E-state index contributed by atoms with van der Waals surface area (Å²) in [6, 6.07) is 5.58. The second-order valence-electron chi connectivity index (χ2n) is 19.6. The number of benzene rings is 1. The number of rotatable bonds is 14. The first-order valence-electron chi connectivity index (χ1n) is 20.4. The molecular formula is C43H76O10. The summed E-state index contributed by atoms with van der Waals surface area (Å²) >= 11 is 0. The van der Waals surface area contributed by atoms with Crippen molar-refractivity contribution in [1.29, 1.82) is 0 Å². The zero-order valence-electron chi connectivity index (χ0n) is 36.3. The van der Waals surface area contributed by atoms with Crippen molar-refractivity contribution in [3.05, 3.63) is 23.8 Å². The highest BCUT2D eigenvalue weighted by Crippen LogP contribution is 2.54. The van der Waals surface area contributed by atoms with E-state index in [4.69, 9.17) is 49.2 Å². The molecule has 4 rings (SSSR count). The van der Waals surface area contributed by atoms with Crippen LogP contribution in [0.25, 0.3) is 0 Å². The average molecular weight is 753 g/mol. The average Bonchev–Trinajstić information content (AvgIpc) is 3.94. The van der Waals surface area contributed by atoms with Crippen molar-refractivity contribution in [3.63, 3.8) is 0 Å². The lowest BCUT2D eigenvalue weighted by molar-refractivity contribution is -0.634. The number of hydrogen-bond donors (Lipinski definition) is 0. The molecule has 0 bridgehead atoms. The van der Waals surface area contributed by atoms with Gasteiger partial charge in [-0.1, -0.05) is 136 Å². The number of para-hydroxylation sites is 1. The molecular weight excluding hydrogens is 676 g/mol. The van der Waals surface area contributed by atoms with Crippen LogP contribution in [0.3, 0.4) is 0 Å².